The van der Waals surface area contributed by atoms with Gasteiger partial charge in [-0.1, -0.05) is 12.8 Å². The van der Waals surface area contributed by atoms with Crippen LogP contribution in [0.2, 0.25) is 0 Å². The third kappa shape index (κ3) is 2.62. The molecule has 0 spiro atoms. The predicted molar refractivity (Wildman–Crippen MR) is 78.2 cm³/mol. The van der Waals surface area contributed by atoms with E-state index >= 15 is 0 Å². The normalized spacial score (nSPS) is 29.0. The number of anilines is 1. The molecular formula is C16H21FN2O2. The summed E-state index contributed by atoms with van der Waals surface area (Å²) in [5, 5.41) is 10.6. The lowest BCUT2D eigenvalue weighted by Gasteiger charge is -2.47. The van der Waals surface area contributed by atoms with Gasteiger partial charge in [0.25, 0.3) is 5.91 Å². The number of nitrogens with two attached hydrogens (primary N) is 1. The van der Waals surface area contributed by atoms with Gasteiger partial charge in [-0.25, -0.2) is 4.39 Å². The number of piperidine rings is 1. The SMILES string of the molecule is Nc1ccc(F)cc1C(=O)N1CCC2(O)CCCCC2C1. The first-order valence-electron chi connectivity index (χ1n) is 7.56. The number of carbonyl (C=O) groups excluding carboxylic acids is 1. The van der Waals surface area contributed by atoms with E-state index in [9.17, 15) is 14.3 Å². The summed E-state index contributed by atoms with van der Waals surface area (Å²) in [5.74, 6) is -0.572. The molecule has 3 N–H and O–H groups in total. The maximum absolute atomic E-state index is 13.3. The van der Waals surface area contributed by atoms with Crippen molar-refractivity contribution < 1.29 is 14.3 Å². The fourth-order valence-electron chi connectivity index (χ4n) is 3.64. The minimum Gasteiger partial charge on any atom is -0.398 e. The van der Waals surface area contributed by atoms with Crippen molar-refractivity contribution in [3.8, 4) is 0 Å². The van der Waals surface area contributed by atoms with Gasteiger partial charge in [0.2, 0.25) is 0 Å². The maximum Gasteiger partial charge on any atom is 0.256 e. The summed E-state index contributed by atoms with van der Waals surface area (Å²) in [4.78, 5) is 14.3. The standard InChI is InChI=1S/C16H21FN2O2/c17-12-4-5-14(18)13(9-12)15(20)19-8-7-16(21)6-2-1-3-11(16)10-19/h4-5,9,11,21H,1-3,6-8,10,18H2. The van der Waals surface area contributed by atoms with Gasteiger partial charge in [0.05, 0.1) is 11.2 Å². The molecule has 1 saturated carbocycles. The van der Waals surface area contributed by atoms with Crippen LogP contribution in [0.3, 0.4) is 0 Å². The largest absolute Gasteiger partial charge is 0.398 e. The van der Waals surface area contributed by atoms with Gasteiger partial charge in [-0.2, -0.15) is 0 Å². The first-order chi connectivity index (χ1) is 9.99. The average Bonchev–Trinajstić information content (AvgIpc) is 2.48. The Morgan fingerprint density at radius 3 is 3.00 bits per heavy atom. The Bertz CT molecular complexity index is 563. The molecule has 0 aromatic heterocycles. The lowest BCUT2D eigenvalue weighted by Crippen LogP contribution is -2.54. The molecule has 1 saturated heterocycles. The van der Waals surface area contributed by atoms with Gasteiger partial charge in [-0.05, 0) is 37.5 Å². The molecule has 1 aliphatic heterocycles. The molecule has 21 heavy (non-hydrogen) atoms. The number of amides is 1. The van der Waals surface area contributed by atoms with Crippen molar-refractivity contribution in [3.05, 3.63) is 29.6 Å². The molecule has 1 aromatic carbocycles. The Labute approximate surface area is 123 Å². The molecule has 2 atom stereocenters. The van der Waals surface area contributed by atoms with E-state index in [2.05, 4.69) is 0 Å². The fraction of sp³-hybridized carbons (Fsp3) is 0.562. The van der Waals surface area contributed by atoms with Gasteiger partial charge in [0.15, 0.2) is 0 Å². The number of benzene rings is 1. The van der Waals surface area contributed by atoms with E-state index in [1.807, 2.05) is 0 Å². The number of hydrogen-bond acceptors (Lipinski definition) is 3. The van der Waals surface area contributed by atoms with Gasteiger partial charge in [-0.3, -0.25) is 4.79 Å². The minimum absolute atomic E-state index is 0.124. The molecule has 4 nitrogen and oxygen atoms in total. The summed E-state index contributed by atoms with van der Waals surface area (Å²) in [7, 11) is 0. The number of nitrogen functional groups attached to an aromatic ring is 1. The quantitative estimate of drug-likeness (QED) is 0.780. The van der Waals surface area contributed by atoms with Crippen LogP contribution in [0.1, 0.15) is 42.5 Å². The molecule has 5 heteroatoms. The van der Waals surface area contributed by atoms with Crippen LogP contribution >= 0.6 is 0 Å². The van der Waals surface area contributed by atoms with Crippen LogP contribution in [0, 0.1) is 11.7 Å². The predicted octanol–water partition coefficient (Wildman–Crippen LogP) is 2.18. The molecule has 0 bridgehead atoms. The Morgan fingerprint density at radius 2 is 2.19 bits per heavy atom. The lowest BCUT2D eigenvalue weighted by molar-refractivity contribution is -0.0886. The van der Waals surface area contributed by atoms with Crippen molar-refractivity contribution in [2.45, 2.75) is 37.7 Å². The second-order valence-corrected chi connectivity index (χ2v) is 6.28. The van der Waals surface area contributed by atoms with Crippen LogP contribution in [-0.2, 0) is 0 Å². The molecule has 1 amide bonds. The van der Waals surface area contributed by atoms with Crippen molar-refractivity contribution in [2.75, 3.05) is 18.8 Å². The highest BCUT2D eigenvalue weighted by Gasteiger charge is 2.43. The molecule has 2 unspecified atom stereocenters. The molecule has 114 valence electrons. The molecule has 0 radical (unpaired) electrons. The Balaban J connectivity index is 1.79. The molecule has 1 aliphatic carbocycles. The van der Waals surface area contributed by atoms with Crippen LogP contribution in [0.15, 0.2) is 18.2 Å². The Morgan fingerprint density at radius 1 is 1.38 bits per heavy atom. The highest BCUT2D eigenvalue weighted by atomic mass is 19.1. The van der Waals surface area contributed by atoms with E-state index in [0.717, 1.165) is 25.7 Å². The van der Waals surface area contributed by atoms with Gasteiger partial charge in [0.1, 0.15) is 5.82 Å². The van der Waals surface area contributed by atoms with Crippen molar-refractivity contribution in [3.63, 3.8) is 0 Å². The number of nitrogens with zero attached hydrogens (tertiary/aromatic N) is 1. The molecular weight excluding hydrogens is 271 g/mol. The highest BCUT2D eigenvalue weighted by molar-refractivity contribution is 5.99. The van der Waals surface area contributed by atoms with Gasteiger partial charge in [0, 0.05) is 24.7 Å². The van der Waals surface area contributed by atoms with E-state index < -0.39 is 11.4 Å². The van der Waals surface area contributed by atoms with Gasteiger partial charge in [-0.15, -0.1) is 0 Å². The molecule has 2 aliphatic rings. The van der Waals surface area contributed by atoms with E-state index in [0.29, 0.717) is 25.2 Å². The van der Waals surface area contributed by atoms with E-state index in [4.69, 9.17) is 5.73 Å². The fourth-order valence-corrected chi connectivity index (χ4v) is 3.64. The van der Waals surface area contributed by atoms with Gasteiger partial charge >= 0.3 is 0 Å². The van der Waals surface area contributed by atoms with Crippen molar-refractivity contribution in [1.29, 1.82) is 0 Å². The second kappa shape index (κ2) is 5.30. The van der Waals surface area contributed by atoms with E-state index in [1.54, 1.807) is 4.90 Å². The topological polar surface area (TPSA) is 66.6 Å². The van der Waals surface area contributed by atoms with Crippen LogP contribution in [0.25, 0.3) is 0 Å². The van der Waals surface area contributed by atoms with Crippen LogP contribution in [-0.4, -0.2) is 34.6 Å². The Kier molecular flexibility index (Phi) is 3.61. The minimum atomic E-state index is -0.623. The lowest BCUT2D eigenvalue weighted by atomic mass is 9.71. The monoisotopic (exact) mass is 292 g/mol. The number of aliphatic hydroxyl groups is 1. The number of hydrogen-bond donors (Lipinski definition) is 2. The second-order valence-electron chi connectivity index (χ2n) is 6.28. The van der Waals surface area contributed by atoms with E-state index in [-0.39, 0.29) is 17.4 Å². The van der Waals surface area contributed by atoms with E-state index in [1.165, 1.54) is 18.2 Å². The average molecular weight is 292 g/mol. The van der Waals surface area contributed by atoms with Crippen molar-refractivity contribution in [1.82, 2.24) is 4.90 Å². The number of halogens is 1. The number of likely N-dealkylation sites (tertiary alicyclic amines) is 1. The van der Waals surface area contributed by atoms with Crippen LogP contribution in [0.4, 0.5) is 10.1 Å². The summed E-state index contributed by atoms with van der Waals surface area (Å²) in [6, 6.07) is 3.87. The number of rotatable bonds is 1. The Hall–Kier alpha value is -1.62. The molecule has 2 fully saturated rings. The first kappa shape index (κ1) is 14.3. The zero-order valence-corrected chi connectivity index (χ0v) is 12.0. The maximum atomic E-state index is 13.3. The summed E-state index contributed by atoms with van der Waals surface area (Å²) >= 11 is 0. The summed E-state index contributed by atoms with van der Waals surface area (Å²) in [5.41, 5.74) is 5.68. The van der Waals surface area contributed by atoms with Crippen LogP contribution in [0.5, 0.6) is 0 Å². The van der Waals surface area contributed by atoms with Crippen LogP contribution < -0.4 is 5.73 Å². The summed E-state index contributed by atoms with van der Waals surface area (Å²) in [6.07, 6.45) is 4.51. The smallest absolute Gasteiger partial charge is 0.256 e. The summed E-state index contributed by atoms with van der Waals surface area (Å²) < 4.78 is 13.3. The zero-order chi connectivity index (χ0) is 15.0. The molecule has 1 aromatic rings. The van der Waals surface area contributed by atoms with Crippen molar-refractivity contribution >= 4 is 11.6 Å². The number of carbonyl (C=O) groups is 1. The molecule has 3 rings (SSSR count). The highest BCUT2D eigenvalue weighted by Crippen LogP contribution is 2.40. The summed E-state index contributed by atoms with van der Waals surface area (Å²) in [6.45, 7) is 1.03. The number of fused-ring (bicyclic) bond motifs is 1. The van der Waals surface area contributed by atoms with Crippen molar-refractivity contribution in [2.24, 2.45) is 5.92 Å². The first-order valence-corrected chi connectivity index (χ1v) is 7.56. The molecule has 1 heterocycles. The third-order valence-corrected chi connectivity index (χ3v) is 4.96. The zero-order valence-electron chi connectivity index (χ0n) is 12.0. The third-order valence-electron chi connectivity index (χ3n) is 4.96. The van der Waals surface area contributed by atoms with Gasteiger partial charge < -0.3 is 15.7 Å².